The van der Waals surface area contributed by atoms with Gasteiger partial charge in [0.2, 0.25) is 0 Å². The normalized spacial score (nSPS) is 9.00. The summed E-state index contributed by atoms with van der Waals surface area (Å²) in [6, 6.07) is 7.27. The van der Waals surface area contributed by atoms with E-state index < -0.39 is 0 Å². The highest BCUT2D eigenvalue weighted by Crippen LogP contribution is 2.11. The summed E-state index contributed by atoms with van der Waals surface area (Å²) < 4.78 is 4.91. The van der Waals surface area contributed by atoms with E-state index in [1.165, 1.54) is 0 Å². The van der Waals surface area contributed by atoms with Crippen LogP contribution in [0.1, 0.15) is 0 Å². The monoisotopic (exact) mass is 125 g/mol. The predicted molar refractivity (Wildman–Crippen MR) is 37.4 cm³/mol. The van der Waals surface area contributed by atoms with Gasteiger partial charge >= 0.3 is 0 Å². The summed E-state index contributed by atoms with van der Waals surface area (Å²) in [6.45, 7) is 0. The molecular weight excluding hydrogens is 116 g/mol. The van der Waals surface area contributed by atoms with Gasteiger partial charge in [-0.3, -0.25) is 0 Å². The second-order valence-corrected chi connectivity index (χ2v) is 1.77. The fourth-order valence-electron chi connectivity index (χ4n) is 0.604. The lowest BCUT2D eigenvalue weighted by Gasteiger charge is -1.97. The molecule has 48 valence electrons. The molecule has 0 atom stereocenters. The fraction of sp³-hybridized carbons (Fsp3) is 0.143. The van der Waals surface area contributed by atoms with Crippen molar-refractivity contribution >= 4 is 5.69 Å². The standard InChI is InChI=1S/C7H9NO/c1-9-7-4-2-6(8)3-5-7/h2-5H,8H2,1H3/i7+2. The highest BCUT2D eigenvalue weighted by molar-refractivity contribution is 5.41. The Kier molecular flexibility index (Phi) is 1.58. The Labute approximate surface area is 54.2 Å². The Morgan fingerprint density at radius 3 is 2.44 bits per heavy atom. The van der Waals surface area contributed by atoms with Crippen molar-refractivity contribution in [1.82, 2.24) is 0 Å². The van der Waals surface area contributed by atoms with Crippen molar-refractivity contribution in [2.45, 2.75) is 0 Å². The van der Waals surface area contributed by atoms with Crippen molar-refractivity contribution in [2.75, 3.05) is 12.8 Å². The molecule has 2 heteroatoms. The van der Waals surface area contributed by atoms with E-state index in [9.17, 15) is 0 Å². The second-order valence-electron chi connectivity index (χ2n) is 1.77. The summed E-state index contributed by atoms with van der Waals surface area (Å²) in [6.07, 6.45) is 0. The molecule has 1 rings (SSSR count). The number of ether oxygens (including phenoxy) is 1. The third-order valence-corrected chi connectivity index (χ3v) is 1.12. The smallest absolute Gasteiger partial charge is 0.119 e. The average molecular weight is 125 g/mol. The molecule has 2 nitrogen and oxygen atoms in total. The Bertz CT molecular complexity index is 181. The van der Waals surface area contributed by atoms with Crippen LogP contribution in [0, 0.1) is 0 Å². The zero-order valence-corrected chi connectivity index (χ0v) is 5.29. The second kappa shape index (κ2) is 2.40. The molecule has 0 aliphatic carbocycles. The van der Waals surface area contributed by atoms with Crippen molar-refractivity contribution in [3.05, 3.63) is 24.3 Å². The Hall–Kier alpha value is -1.18. The molecule has 2 N–H and O–H groups in total. The number of anilines is 1. The molecule has 0 heterocycles. The van der Waals surface area contributed by atoms with Crippen LogP contribution in [0.4, 0.5) is 5.69 Å². The summed E-state index contributed by atoms with van der Waals surface area (Å²) in [5, 5.41) is 0. The Morgan fingerprint density at radius 2 is 2.00 bits per heavy atom. The van der Waals surface area contributed by atoms with Crippen LogP contribution in [0.3, 0.4) is 0 Å². The number of methoxy groups -OCH3 is 1. The van der Waals surface area contributed by atoms with Crippen LogP contribution in [-0.2, 0) is 0 Å². The minimum absolute atomic E-state index is 0.760. The summed E-state index contributed by atoms with van der Waals surface area (Å²) >= 11 is 0. The molecule has 0 radical (unpaired) electrons. The molecular formula is C7H9NO. The number of rotatable bonds is 1. The van der Waals surface area contributed by atoms with Gasteiger partial charge in [0, 0.05) is 5.69 Å². The van der Waals surface area contributed by atoms with Crippen molar-refractivity contribution in [3.8, 4) is 5.75 Å². The summed E-state index contributed by atoms with van der Waals surface area (Å²) in [5.41, 5.74) is 6.19. The summed E-state index contributed by atoms with van der Waals surface area (Å²) in [7, 11) is 1.63. The van der Waals surface area contributed by atoms with Gasteiger partial charge in [0.25, 0.3) is 0 Å². The van der Waals surface area contributed by atoms with Gasteiger partial charge in [-0.2, -0.15) is 0 Å². The molecule has 0 saturated carbocycles. The highest BCUT2D eigenvalue weighted by atomic mass is 16.6. The van der Waals surface area contributed by atoms with Crippen molar-refractivity contribution in [1.29, 1.82) is 0 Å². The molecule has 0 unspecified atom stereocenters. The SMILES string of the molecule is CO[14c]1ccc(N)cc1. The number of hydrogen-bond acceptors (Lipinski definition) is 2. The molecule has 0 amide bonds. The molecule has 0 aliphatic rings. The van der Waals surface area contributed by atoms with Gasteiger partial charge in [-0.1, -0.05) is 0 Å². The quantitative estimate of drug-likeness (QED) is 0.574. The number of nitrogens with two attached hydrogens (primary N) is 1. The van der Waals surface area contributed by atoms with Crippen molar-refractivity contribution < 1.29 is 4.74 Å². The van der Waals surface area contributed by atoms with Crippen LogP contribution in [-0.4, -0.2) is 7.11 Å². The van der Waals surface area contributed by atoms with Crippen molar-refractivity contribution in [2.24, 2.45) is 0 Å². The highest BCUT2D eigenvalue weighted by Gasteiger charge is 1.85. The zero-order valence-electron chi connectivity index (χ0n) is 5.29. The van der Waals surface area contributed by atoms with Gasteiger partial charge in [-0.15, -0.1) is 0 Å². The van der Waals surface area contributed by atoms with Gasteiger partial charge in [0.15, 0.2) is 0 Å². The van der Waals surface area contributed by atoms with Crippen molar-refractivity contribution in [3.63, 3.8) is 0 Å². The minimum atomic E-state index is 0.760. The largest absolute Gasteiger partial charge is 0.497 e. The number of nitrogen functional groups attached to an aromatic ring is 1. The third kappa shape index (κ3) is 1.35. The first kappa shape index (κ1) is 5.95. The van der Waals surface area contributed by atoms with Crippen LogP contribution in [0.25, 0.3) is 0 Å². The summed E-state index contributed by atoms with van der Waals surface area (Å²) in [4.78, 5) is 0. The third-order valence-electron chi connectivity index (χ3n) is 1.12. The Balaban J connectivity index is 2.88. The van der Waals surface area contributed by atoms with E-state index in [0.717, 1.165) is 11.4 Å². The molecule has 1 aromatic carbocycles. The van der Waals surface area contributed by atoms with Gasteiger partial charge in [0.05, 0.1) is 7.11 Å². The predicted octanol–water partition coefficient (Wildman–Crippen LogP) is 1.28. The van der Waals surface area contributed by atoms with E-state index in [1.54, 1.807) is 19.2 Å². The molecule has 0 aliphatic heterocycles. The molecule has 9 heavy (non-hydrogen) atoms. The average Bonchev–Trinajstić information content (AvgIpc) is 1.90. The van der Waals surface area contributed by atoms with E-state index in [4.69, 9.17) is 10.5 Å². The first-order chi connectivity index (χ1) is 4.33. The van der Waals surface area contributed by atoms with Gasteiger partial charge in [-0.25, -0.2) is 0 Å². The summed E-state index contributed by atoms with van der Waals surface area (Å²) in [5.74, 6) is 0.837. The van der Waals surface area contributed by atoms with Gasteiger partial charge < -0.3 is 10.5 Å². The Morgan fingerprint density at radius 1 is 1.44 bits per heavy atom. The van der Waals surface area contributed by atoms with Crippen LogP contribution in [0.2, 0.25) is 0 Å². The maximum absolute atomic E-state index is 5.43. The molecule has 0 fully saturated rings. The molecule has 1 aromatic rings. The van der Waals surface area contributed by atoms with E-state index in [2.05, 4.69) is 0 Å². The lowest BCUT2D eigenvalue weighted by molar-refractivity contribution is 0.415. The lowest BCUT2D eigenvalue weighted by Crippen LogP contribution is -1.84. The number of benzene rings is 1. The maximum atomic E-state index is 5.43. The van der Waals surface area contributed by atoms with Crippen LogP contribution < -0.4 is 10.5 Å². The molecule has 0 aromatic heterocycles. The molecule has 0 spiro atoms. The van der Waals surface area contributed by atoms with E-state index >= 15 is 0 Å². The van der Waals surface area contributed by atoms with Gasteiger partial charge in [-0.05, 0) is 24.3 Å². The first-order valence-corrected chi connectivity index (χ1v) is 2.72. The number of hydrogen-bond donors (Lipinski definition) is 1. The van der Waals surface area contributed by atoms with E-state index in [-0.39, 0.29) is 0 Å². The van der Waals surface area contributed by atoms with E-state index in [1.807, 2.05) is 12.1 Å². The minimum Gasteiger partial charge on any atom is -0.497 e. The van der Waals surface area contributed by atoms with Gasteiger partial charge in [0.1, 0.15) is 5.75 Å². The van der Waals surface area contributed by atoms with E-state index in [0.29, 0.717) is 0 Å². The zero-order chi connectivity index (χ0) is 6.69. The molecule has 0 saturated heterocycles. The van der Waals surface area contributed by atoms with Crippen LogP contribution in [0.15, 0.2) is 24.3 Å². The maximum Gasteiger partial charge on any atom is 0.119 e. The lowest BCUT2D eigenvalue weighted by atomic mass is 10.4. The molecule has 0 bridgehead atoms. The van der Waals surface area contributed by atoms with Crippen LogP contribution in [0.5, 0.6) is 5.75 Å². The first-order valence-electron chi connectivity index (χ1n) is 2.72. The topological polar surface area (TPSA) is 35.2 Å². The van der Waals surface area contributed by atoms with Crippen LogP contribution >= 0.6 is 0 Å². The fourth-order valence-corrected chi connectivity index (χ4v) is 0.604.